The van der Waals surface area contributed by atoms with Gasteiger partial charge in [0.05, 0.1) is 10.9 Å². The van der Waals surface area contributed by atoms with E-state index in [9.17, 15) is 4.79 Å². The quantitative estimate of drug-likeness (QED) is 0.697. The van der Waals surface area contributed by atoms with Crippen LogP contribution in [-0.2, 0) is 7.05 Å². The summed E-state index contributed by atoms with van der Waals surface area (Å²) in [5.41, 5.74) is 1.41. The Morgan fingerprint density at radius 3 is 2.64 bits per heavy atom. The molecular formula is C17H12Cl2N2O. The van der Waals surface area contributed by atoms with Gasteiger partial charge in [-0.2, -0.15) is 0 Å². The first-order valence-electron chi connectivity index (χ1n) is 6.65. The first-order valence-corrected chi connectivity index (χ1v) is 7.41. The first kappa shape index (κ1) is 14.8. The van der Waals surface area contributed by atoms with E-state index in [1.54, 1.807) is 31.3 Å². The molecule has 0 aliphatic rings. The van der Waals surface area contributed by atoms with E-state index in [4.69, 9.17) is 23.2 Å². The molecule has 1 aromatic heterocycles. The molecule has 3 aromatic rings. The van der Waals surface area contributed by atoms with Gasteiger partial charge >= 0.3 is 0 Å². The maximum atomic E-state index is 12.3. The summed E-state index contributed by atoms with van der Waals surface area (Å²) >= 11 is 12.0. The lowest BCUT2D eigenvalue weighted by Gasteiger charge is -2.05. The fourth-order valence-electron chi connectivity index (χ4n) is 2.19. The zero-order valence-corrected chi connectivity index (χ0v) is 13.3. The summed E-state index contributed by atoms with van der Waals surface area (Å²) in [5.74, 6) is 0.565. The highest BCUT2D eigenvalue weighted by molar-refractivity contribution is 6.35. The molecule has 0 fully saturated rings. The number of hydrogen-bond donors (Lipinski definition) is 0. The highest BCUT2D eigenvalue weighted by Crippen LogP contribution is 2.22. The molecule has 0 aliphatic carbocycles. The van der Waals surface area contributed by atoms with Gasteiger partial charge in [0.1, 0.15) is 5.82 Å². The molecule has 1 heterocycles. The van der Waals surface area contributed by atoms with Crippen molar-refractivity contribution in [3.05, 3.63) is 74.3 Å². The second kappa shape index (κ2) is 5.95. The summed E-state index contributed by atoms with van der Waals surface area (Å²) in [6, 6.07) is 12.5. The van der Waals surface area contributed by atoms with Gasteiger partial charge in [0.15, 0.2) is 0 Å². The van der Waals surface area contributed by atoms with Crippen LogP contribution in [0.25, 0.3) is 23.1 Å². The number of nitrogens with zero attached hydrogens (tertiary/aromatic N) is 2. The SMILES string of the molecule is Cn1c(C=Cc2ccc(Cl)cc2Cl)nc2ccccc2c1=O. The van der Waals surface area contributed by atoms with Crippen LogP contribution in [0.15, 0.2) is 47.3 Å². The summed E-state index contributed by atoms with van der Waals surface area (Å²) in [5, 5.41) is 1.74. The molecule has 0 amide bonds. The van der Waals surface area contributed by atoms with Gasteiger partial charge < -0.3 is 0 Å². The summed E-state index contributed by atoms with van der Waals surface area (Å²) in [6.45, 7) is 0. The maximum Gasteiger partial charge on any atom is 0.261 e. The third-order valence-electron chi connectivity index (χ3n) is 3.39. The van der Waals surface area contributed by atoms with Crippen molar-refractivity contribution in [1.82, 2.24) is 9.55 Å². The van der Waals surface area contributed by atoms with Gasteiger partial charge in [-0.25, -0.2) is 4.98 Å². The Morgan fingerprint density at radius 2 is 1.86 bits per heavy atom. The lowest BCUT2D eigenvalue weighted by Crippen LogP contribution is -2.20. The van der Waals surface area contributed by atoms with Crippen molar-refractivity contribution in [1.29, 1.82) is 0 Å². The number of halogens is 2. The Hall–Kier alpha value is -2.10. The summed E-state index contributed by atoms with van der Waals surface area (Å²) in [4.78, 5) is 16.8. The van der Waals surface area contributed by atoms with Crippen LogP contribution in [0.3, 0.4) is 0 Å². The Balaban J connectivity index is 2.09. The average molecular weight is 331 g/mol. The molecule has 0 spiro atoms. The predicted octanol–water partition coefficient (Wildman–Crippen LogP) is 4.41. The van der Waals surface area contributed by atoms with Gasteiger partial charge in [0.25, 0.3) is 5.56 Å². The van der Waals surface area contributed by atoms with Crippen LogP contribution >= 0.6 is 23.2 Å². The highest BCUT2D eigenvalue weighted by Gasteiger charge is 2.05. The fourth-order valence-corrected chi connectivity index (χ4v) is 2.66. The second-order valence-corrected chi connectivity index (χ2v) is 5.69. The van der Waals surface area contributed by atoms with E-state index in [0.717, 1.165) is 5.56 Å². The van der Waals surface area contributed by atoms with E-state index in [1.807, 2.05) is 30.3 Å². The third kappa shape index (κ3) is 2.78. The van der Waals surface area contributed by atoms with Crippen LogP contribution in [0.4, 0.5) is 0 Å². The van der Waals surface area contributed by atoms with Crippen molar-refractivity contribution in [2.24, 2.45) is 7.05 Å². The van der Waals surface area contributed by atoms with Crippen LogP contribution in [0, 0.1) is 0 Å². The van der Waals surface area contributed by atoms with Gasteiger partial charge in [-0.3, -0.25) is 9.36 Å². The minimum absolute atomic E-state index is 0.0764. The molecule has 3 rings (SSSR count). The van der Waals surface area contributed by atoms with Gasteiger partial charge in [-0.05, 0) is 42.0 Å². The minimum atomic E-state index is -0.0764. The number of benzene rings is 2. The smallest absolute Gasteiger partial charge is 0.261 e. The number of fused-ring (bicyclic) bond motifs is 1. The van der Waals surface area contributed by atoms with E-state index in [1.165, 1.54) is 4.57 Å². The first-order chi connectivity index (χ1) is 10.6. The van der Waals surface area contributed by atoms with Gasteiger partial charge in [0.2, 0.25) is 0 Å². The molecule has 5 heteroatoms. The Bertz CT molecular complexity index is 945. The normalized spacial score (nSPS) is 11.4. The van der Waals surface area contributed by atoms with Crippen molar-refractivity contribution in [2.75, 3.05) is 0 Å². The topological polar surface area (TPSA) is 34.9 Å². The van der Waals surface area contributed by atoms with Gasteiger partial charge in [0, 0.05) is 17.1 Å². The molecule has 0 atom stereocenters. The van der Waals surface area contributed by atoms with Crippen molar-refractivity contribution in [3.8, 4) is 0 Å². The molecule has 0 N–H and O–H groups in total. The van der Waals surface area contributed by atoms with Gasteiger partial charge in [-0.1, -0.05) is 41.4 Å². The second-order valence-electron chi connectivity index (χ2n) is 4.85. The molecule has 0 saturated heterocycles. The molecule has 22 heavy (non-hydrogen) atoms. The summed E-state index contributed by atoms with van der Waals surface area (Å²) in [6.07, 6.45) is 3.58. The Kier molecular flexibility index (Phi) is 4.01. The summed E-state index contributed by atoms with van der Waals surface area (Å²) in [7, 11) is 1.70. The van der Waals surface area contributed by atoms with Crippen molar-refractivity contribution >= 4 is 46.3 Å². The largest absolute Gasteiger partial charge is 0.296 e. The molecule has 0 aliphatic heterocycles. The van der Waals surface area contributed by atoms with E-state index in [-0.39, 0.29) is 5.56 Å². The average Bonchev–Trinajstić information content (AvgIpc) is 2.51. The minimum Gasteiger partial charge on any atom is -0.296 e. The highest BCUT2D eigenvalue weighted by atomic mass is 35.5. The van der Waals surface area contributed by atoms with Crippen molar-refractivity contribution in [2.45, 2.75) is 0 Å². The molecular weight excluding hydrogens is 319 g/mol. The van der Waals surface area contributed by atoms with Crippen LogP contribution in [0.1, 0.15) is 11.4 Å². The third-order valence-corrected chi connectivity index (χ3v) is 3.95. The van der Waals surface area contributed by atoms with E-state index in [2.05, 4.69) is 4.98 Å². The van der Waals surface area contributed by atoms with Crippen LogP contribution in [0.2, 0.25) is 10.0 Å². The van der Waals surface area contributed by atoms with Crippen molar-refractivity contribution in [3.63, 3.8) is 0 Å². The zero-order valence-electron chi connectivity index (χ0n) is 11.8. The predicted molar refractivity (Wildman–Crippen MR) is 92.4 cm³/mol. The van der Waals surface area contributed by atoms with E-state index >= 15 is 0 Å². The number of para-hydroxylation sites is 1. The fraction of sp³-hybridized carbons (Fsp3) is 0.0588. The number of aromatic nitrogens is 2. The molecule has 2 aromatic carbocycles. The lowest BCUT2D eigenvalue weighted by atomic mass is 10.2. The molecule has 110 valence electrons. The van der Waals surface area contributed by atoms with Gasteiger partial charge in [-0.15, -0.1) is 0 Å². The van der Waals surface area contributed by atoms with Crippen molar-refractivity contribution < 1.29 is 0 Å². The molecule has 0 bridgehead atoms. The van der Waals surface area contributed by atoms with E-state index < -0.39 is 0 Å². The number of rotatable bonds is 2. The maximum absolute atomic E-state index is 12.3. The monoisotopic (exact) mass is 330 g/mol. The molecule has 0 saturated carbocycles. The molecule has 0 unspecified atom stereocenters. The van der Waals surface area contributed by atoms with Crippen LogP contribution in [0.5, 0.6) is 0 Å². The molecule has 0 radical (unpaired) electrons. The standard InChI is InChI=1S/C17H12Cl2N2O/c1-21-16(9-7-11-6-8-12(18)10-14(11)19)20-15-5-3-2-4-13(15)17(21)22/h2-10H,1H3. The van der Waals surface area contributed by atoms with Crippen LogP contribution < -0.4 is 5.56 Å². The number of hydrogen-bond acceptors (Lipinski definition) is 2. The Labute approximate surface area is 137 Å². The zero-order chi connectivity index (χ0) is 15.7. The Morgan fingerprint density at radius 1 is 1.09 bits per heavy atom. The lowest BCUT2D eigenvalue weighted by molar-refractivity contribution is 0.828. The van der Waals surface area contributed by atoms with E-state index in [0.29, 0.717) is 26.8 Å². The van der Waals surface area contributed by atoms with Crippen LogP contribution in [-0.4, -0.2) is 9.55 Å². The summed E-state index contributed by atoms with van der Waals surface area (Å²) < 4.78 is 1.52. The molecule has 3 nitrogen and oxygen atoms in total.